The lowest BCUT2D eigenvalue weighted by Crippen LogP contribution is -2.36. The van der Waals surface area contributed by atoms with Gasteiger partial charge in [-0.25, -0.2) is 0 Å². The molecule has 3 atom stereocenters. The van der Waals surface area contributed by atoms with E-state index in [1.807, 2.05) is 0 Å². The van der Waals surface area contributed by atoms with Crippen LogP contribution in [0.2, 0.25) is 0 Å². The van der Waals surface area contributed by atoms with E-state index in [9.17, 15) is 0 Å². The number of rotatable bonds is 4. The van der Waals surface area contributed by atoms with Crippen LogP contribution in [0.5, 0.6) is 0 Å². The highest BCUT2D eigenvalue weighted by molar-refractivity contribution is 4.75. The van der Waals surface area contributed by atoms with Gasteiger partial charge in [-0.1, -0.05) is 6.92 Å². The normalized spacial score (nSPS) is 33.0. The summed E-state index contributed by atoms with van der Waals surface area (Å²) >= 11 is 0. The summed E-state index contributed by atoms with van der Waals surface area (Å²) in [4.78, 5) is 2.60. The largest absolute Gasteiger partial charge is 0.377 e. The fraction of sp³-hybridized carbons (Fsp3) is 1.00. The van der Waals surface area contributed by atoms with Gasteiger partial charge in [0, 0.05) is 19.7 Å². The molecular weight excluding hydrogens is 224 g/mol. The lowest BCUT2D eigenvalue weighted by Gasteiger charge is -2.30. The third kappa shape index (κ3) is 4.52. The molecule has 106 valence electrons. The second-order valence-corrected chi connectivity index (χ2v) is 6.21. The molecule has 1 N–H and O–H groups in total. The third-order valence-corrected chi connectivity index (χ3v) is 4.58. The van der Waals surface area contributed by atoms with E-state index >= 15 is 0 Å². The predicted octanol–water partition coefficient (Wildman–Crippen LogP) is 2.12. The molecule has 0 aliphatic carbocycles. The summed E-state index contributed by atoms with van der Waals surface area (Å²) in [6, 6.07) is 0. The number of piperidine rings is 1. The zero-order chi connectivity index (χ0) is 12.8. The molecule has 2 saturated heterocycles. The van der Waals surface area contributed by atoms with Gasteiger partial charge >= 0.3 is 0 Å². The maximum absolute atomic E-state index is 5.70. The van der Waals surface area contributed by atoms with Crippen molar-refractivity contribution in [1.82, 2.24) is 10.2 Å². The molecule has 0 aromatic heterocycles. The molecule has 2 heterocycles. The Morgan fingerprint density at radius 3 is 3.06 bits per heavy atom. The van der Waals surface area contributed by atoms with Crippen LogP contribution in [0.4, 0.5) is 0 Å². The van der Waals surface area contributed by atoms with Crippen molar-refractivity contribution >= 4 is 0 Å². The van der Waals surface area contributed by atoms with Crippen molar-refractivity contribution in [3.05, 3.63) is 0 Å². The molecule has 0 aromatic rings. The van der Waals surface area contributed by atoms with Crippen molar-refractivity contribution in [3.63, 3.8) is 0 Å². The molecule has 2 fully saturated rings. The molecular formula is C15H30N2O. The van der Waals surface area contributed by atoms with Crippen molar-refractivity contribution in [2.75, 3.05) is 39.3 Å². The van der Waals surface area contributed by atoms with Gasteiger partial charge in [-0.3, -0.25) is 0 Å². The van der Waals surface area contributed by atoms with Gasteiger partial charge < -0.3 is 15.0 Å². The van der Waals surface area contributed by atoms with Crippen molar-refractivity contribution in [2.24, 2.45) is 11.8 Å². The van der Waals surface area contributed by atoms with Gasteiger partial charge in [0.25, 0.3) is 0 Å². The van der Waals surface area contributed by atoms with Gasteiger partial charge in [-0.05, 0) is 64.1 Å². The monoisotopic (exact) mass is 254 g/mol. The quantitative estimate of drug-likeness (QED) is 0.832. The lowest BCUT2D eigenvalue weighted by atomic mass is 9.85. The number of nitrogens with one attached hydrogen (secondary N) is 1. The Morgan fingerprint density at radius 1 is 1.39 bits per heavy atom. The first kappa shape index (κ1) is 14.3. The fourth-order valence-corrected chi connectivity index (χ4v) is 3.27. The van der Waals surface area contributed by atoms with Crippen molar-refractivity contribution in [2.45, 2.75) is 45.6 Å². The van der Waals surface area contributed by atoms with Crippen LogP contribution in [0.25, 0.3) is 0 Å². The van der Waals surface area contributed by atoms with Crippen molar-refractivity contribution in [1.29, 1.82) is 0 Å². The van der Waals surface area contributed by atoms with E-state index in [1.54, 1.807) is 0 Å². The minimum atomic E-state index is 0.416. The van der Waals surface area contributed by atoms with Crippen LogP contribution in [-0.4, -0.2) is 50.3 Å². The first-order chi connectivity index (χ1) is 8.75. The highest BCUT2D eigenvalue weighted by atomic mass is 16.5. The molecule has 0 spiro atoms. The molecule has 2 aliphatic heterocycles. The summed E-state index contributed by atoms with van der Waals surface area (Å²) in [6.45, 7) is 11.6. The molecule has 3 unspecified atom stereocenters. The van der Waals surface area contributed by atoms with Crippen molar-refractivity contribution < 1.29 is 4.74 Å². The maximum atomic E-state index is 5.70. The van der Waals surface area contributed by atoms with E-state index in [1.165, 1.54) is 51.9 Å². The predicted molar refractivity (Wildman–Crippen MR) is 75.8 cm³/mol. The molecule has 2 aliphatic rings. The molecule has 3 nitrogen and oxygen atoms in total. The Morgan fingerprint density at radius 2 is 2.28 bits per heavy atom. The zero-order valence-corrected chi connectivity index (χ0v) is 12.2. The highest BCUT2D eigenvalue weighted by Crippen LogP contribution is 2.23. The summed E-state index contributed by atoms with van der Waals surface area (Å²) in [6.07, 6.45) is 5.75. The van der Waals surface area contributed by atoms with E-state index in [2.05, 4.69) is 24.1 Å². The van der Waals surface area contributed by atoms with E-state index in [0.717, 1.165) is 25.0 Å². The first-order valence-electron chi connectivity index (χ1n) is 7.80. The molecule has 3 heteroatoms. The summed E-state index contributed by atoms with van der Waals surface area (Å²) in [5.41, 5.74) is 0. The minimum absolute atomic E-state index is 0.416. The van der Waals surface area contributed by atoms with Crippen LogP contribution in [-0.2, 0) is 4.74 Å². The van der Waals surface area contributed by atoms with Crippen LogP contribution in [0, 0.1) is 11.8 Å². The Balaban J connectivity index is 1.69. The number of hydrogen-bond acceptors (Lipinski definition) is 3. The van der Waals surface area contributed by atoms with Gasteiger partial charge in [-0.2, -0.15) is 0 Å². The molecule has 0 bridgehead atoms. The lowest BCUT2D eigenvalue weighted by molar-refractivity contribution is 0.0665. The Hall–Kier alpha value is -0.120. The summed E-state index contributed by atoms with van der Waals surface area (Å²) in [5, 5.41) is 3.54. The molecule has 0 radical (unpaired) electrons. The van der Waals surface area contributed by atoms with E-state index in [4.69, 9.17) is 4.74 Å². The zero-order valence-electron chi connectivity index (χ0n) is 12.2. The Kier molecular flexibility index (Phi) is 5.93. The smallest absolute Gasteiger partial charge is 0.0673 e. The fourth-order valence-electron chi connectivity index (χ4n) is 3.27. The van der Waals surface area contributed by atoms with Crippen molar-refractivity contribution in [3.8, 4) is 0 Å². The van der Waals surface area contributed by atoms with E-state index in [0.29, 0.717) is 6.10 Å². The van der Waals surface area contributed by atoms with Gasteiger partial charge in [-0.15, -0.1) is 0 Å². The average molecular weight is 254 g/mol. The maximum Gasteiger partial charge on any atom is 0.0673 e. The molecule has 2 rings (SSSR count). The van der Waals surface area contributed by atoms with Crippen LogP contribution in [0.3, 0.4) is 0 Å². The van der Waals surface area contributed by atoms with E-state index in [-0.39, 0.29) is 0 Å². The highest BCUT2D eigenvalue weighted by Gasteiger charge is 2.21. The molecule has 0 amide bonds. The molecule has 18 heavy (non-hydrogen) atoms. The van der Waals surface area contributed by atoms with Crippen LogP contribution < -0.4 is 5.32 Å². The standard InChI is InChI=1S/C15H30N2O/c1-13(15-5-3-7-16-11-15)6-9-17-8-4-10-18-14(2)12-17/h13-16H,3-12H2,1-2H3. The number of ether oxygens (including phenoxy) is 1. The van der Waals surface area contributed by atoms with Gasteiger partial charge in [0.05, 0.1) is 6.10 Å². The van der Waals surface area contributed by atoms with Crippen LogP contribution in [0.15, 0.2) is 0 Å². The number of nitrogens with zero attached hydrogens (tertiary/aromatic N) is 1. The van der Waals surface area contributed by atoms with Gasteiger partial charge in [0.15, 0.2) is 0 Å². The van der Waals surface area contributed by atoms with Crippen LogP contribution >= 0.6 is 0 Å². The summed E-state index contributed by atoms with van der Waals surface area (Å²) in [7, 11) is 0. The summed E-state index contributed by atoms with van der Waals surface area (Å²) in [5.74, 6) is 1.76. The minimum Gasteiger partial charge on any atom is -0.377 e. The Labute approximate surface area is 112 Å². The topological polar surface area (TPSA) is 24.5 Å². The number of hydrogen-bond donors (Lipinski definition) is 1. The molecule has 0 saturated carbocycles. The van der Waals surface area contributed by atoms with Gasteiger partial charge in [0.1, 0.15) is 0 Å². The third-order valence-electron chi connectivity index (χ3n) is 4.58. The summed E-state index contributed by atoms with van der Waals surface area (Å²) < 4.78 is 5.70. The van der Waals surface area contributed by atoms with E-state index < -0.39 is 0 Å². The second kappa shape index (κ2) is 7.46. The molecule has 0 aromatic carbocycles. The second-order valence-electron chi connectivity index (χ2n) is 6.21. The van der Waals surface area contributed by atoms with Gasteiger partial charge in [0.2, 0.25) is 0 Å². The van der Waals surface area contributed by atoms with Crippen LogP contribution in [0.1, 0.15) is 39.5 Å². The first-order valence-corrected chi connectivity index (χ1v) is 7.80. The average Bonchev–Trinajstić information content (AvgIpc) is 2.61. The Bertz CT molecular complexity index is 229. The SMILES string of the molecule is CC1CN(CCC(C)C2CCCNC2)CCCO1.